The highest BCUT2D eigenvalue weighted by molar-refractivity contribution is 5.96. The number of carbonyl (C=O) groups is 1. The number of aromatic hydroxyl groups is 1. The lowest BCUT2D eigenvalue weighted by atomic mass is 10.1. The predicted molar refractivity (Wildman–Crippen MR) is 93.7 cm³/mol. The number of hydrogen-bond donors (Lipinski definition) is 2. The first-order chi connectivity index (χ1) is 11.1. The molecular weight excluding hydrogens is 290 g/mol. The molecule has 0 spiro atoms. The SMILES string of the molecule is C=C(CCCCCCCNC(=O)c1ccc(CC)cc1O)OC. The number of nitrogens with one attached hydrogen (secondary N) is 1. The van der Waals surface area contributed by atoms with Crippen LogP contribution < -0.4 is 5.32 Å². The molecule has 0 bridgehead atoms. The van der Waals surface area contributed by atoms with Gasteiger partial charge in [0.1, 0.15) is 5.75 Å². The molecule has 4 nitrogen and oxygen atoms in total. The number of methoxy groups -OCH3 is 1. The summed E-state index contributed by atoms with van der Waals surface area (Å²) in [6.07, 6.45) is 7.17. The Balaban J connectivity index is 2.16. The van der Waals surface area contributed by atoms with E-state index in [-0.39, 0.29) is 11.7 Å². The normalized spacial score (nSPS) is 10.3. The summed E-state index contributed by atoms with van der Waals surface area (Å²) in [7, 11) is 1.65. The van der Waals surface area contributed by atoms with Crippen molar-refractivity contribution in [2.24, 2.45) is 0 Å². The fraction of sp³-hybridized carbons (Fsp3) is 0.526. The highest BCUT2D eigenvalue weighted by atomic mass is 16.5. The van der Waals surface area contributed by atoms with Crippen molar-refractivity contribution in [2.75, 3.05) is 13.7 Å². The van der Waals surface area contributed by atoms with Gasteiger partial charge in [-0.25, -0.2) is 0 Å². The summed E-state index contributed by atoms with van der Waals surface area (Å²) >= 11 is 0. The molecule has 0 saturated carbocycles. The Kier molecular flexibility index (Phi) is 8.88. The first-order valence-corrected chi connectivity index (χ1v) is 8.40. The first-order valence-electron chi connectivity index (χ1n) is 8.40. The number of phenols is 1. The van der Waals surface area contributed by atoms with Crippen molar-refractivity contribution >= 4 is 5.91 Å². The first kappa shape index (κ1) is 19.1. The lowest BCUT2D eigenvalue weighted by Gasteiger charge is -2.08. The fourth-order valence-electron chi connectivity index (χ4n) is 2.37. The van der Waals surface area contributed by atoms with Crippen molar-refractivity contribution in [3.63, 3.8) is 0 Å². The molecule has 128 valence electrons. The minimum Gasteiger partial charge on any atom is -0.507 e. The van der Waals surface area contributed by atoms with Crippen molar-refractivity contribution in [1.29, 1.82) is 0 Å². The second kappa shape index (κ2) is 10.7. The number of amides is 1. The number of allylic oxidation sites excluding steroid dienone is 1. The van der Waals surface area contributed by atoms with E-state index in [1.165, 1.54) is 0 Å². The van der Waals surface area contributed by atoms with Gasteiger partial charge in [0.05, 0.1) is 18.4 Å². The zero-order valence-corrected chi connectivity index (χ0v) is 14.4. The Morgan fingerprint density at radius 1 is 1.22 bits per heavy atom. The third kappa shape index (κ3) is 7.22. The zero-order chi connectivity index (χ0) is 17.1. The van der Waals surface area contributed by atoms with Crippen molar-refractivity contribution < 1.29 is 14.6 Å². The number of carbonyl (C=O) groups excluding carboxylic acids is 1. The van der Waals surface area contributed by atoms with E-state index in [9.17, 15) is 9.90 Å². The van der Waals surface area contributed by atoms with Crippen LogP contribution in [0.3, 0.4) is 0 Å². The minimum atomic E-state index is -0.207. The fourth-order valence-corrected chi connectivity index (χ4v) is 2.37. The number of benzene rings is 1. The summed E-state index contributed by atoms with van der Waals surface area (Å²) in [6.45, 7) is 6.45. The third-order valence-corrected chi connectivity index (χ3v) is 3.92. The lowest BCUT2D eigenvalue weighted by Crippen LogP contribution is -2.24. The van der Waals surface area contributed by atoms with Crippen LogP contribution in [0.15, 0.2) is 30.5 Å². The molecule has 1 aromatic rings. The summed E-state index contributed by atoms with van der Waals surface area (Å²) < 4.78 is 5.03. The highest BCUT2D eigenvalue weighted by Crippen LogP contribution is 2.19. The van der Waals surface area contributed by atoms with Crippen LogP contribution in [0.4, 0.5) is 0 Å². The number of unbranched alkanes of at least 4 members (excludes halogenated alkanes) is 4. The van der Waals surface area contributed by atoms with E-state index in [0.29, 0.717) is 12.1 Å². The van der Waals surface area contributed by atoms with Crippen LogP contribution in [0.2, 0.25) is 0 Å². The average Bonchev–Trinajstić information content (AvgIpc) is 2.56. The second-order valence-electron chi connectivity index (χ2n) is 5.72. The number of aryl methyl sites for hydroxylation is 1. The molecule has 1 amide bonds. The molecule has 0 radical (unpaired) electrons. The van der Waals surface area contributed by atoms with E-state index in [2.05, 4.69) is 11.9 Å². The van der Waals surface area contributed by atoms with Gasteiger partial charge in [-0.3, -0.25) is 4.79 Å². The van der Waals surface area contributed by atoms with Crippen LogP contribution in [-0.4, -0.2) is 24.7 Å². The van der Waals surface area contributed by atoms with Crippen LogP contribution >= 0.6 is 0 Å². The summed E-state index contributed by atoms with van der Waals surface area (Å²) in [5.74, 6) is 0.688. The van der Waals surface area contributed by atoms with Gasteiger partial charge in [-0.05, 0) is 37.0 Å². The van der Waals surface area contributed by atoms with E-state index in [0.717, 1.165) is 56.3 Å². The van der Waals surface area contributed by atoms with Gasteiger partial charge in [-0.1, -0.05) is 38.8 Å². The maximum Gasteiger partial charge on any atom is 0.255 e. The molecule has 0 aliphatic rings. The molecule has 0 heterocycles. The number of phenolic OH excluding ortho intramolecular Hbond substituents is 1. The Morgan fingerprint density at radius 3 is 2.57 bits per heavy atom. The van der Waals surface area contributed by atoms with E-state index in [1.807, 2.05) is 13.0 Å². The Morgan fingerprint density at radius 2 is 1.91 bits per heavy atom. The van der Waals surface area contributed by atoms with Crippen LogP contribution in [0, 0.1) is 0 Å². The van der Waals surface area contributed by atoms with Crippen molar-refractivity contribution in [3.8, 4) is 5.75 Å². The summed E-state index contributed by atoms with van der Waals surface area (Å²) in [4.78, 5) is 12.0. The van der Waals surface area contributed by atoms with Gasteiger partial charge >= 0.3 is 0 Å². The molecule has 2 N–H and O–H groups in total. The van der Waals surface area contributed by atoms with Crippen molar-refractivity contribution in [2.45, 2.75) is 51.9 Å². The van der Waals surface area contributed by atoms with E-state index in [4.69, 9.17) is 4.74 Å². The quantitative estimate of drug-likeness (QED) is 0.475. The average molecular weight is 319 g/mol. The molecule has 0 unspecified atom stereocenters. The predicted octanol–water partition coefficient (Wildman–Crippen LogP) is 4.19. The molecule has 0 aromatic heterocycles. The van der Waals surface area contributed by atoms with Gasteiger partial charge in [0.25, 0.3) is 5.91 Å². The van der Waals surface area contributed by atoms with Gasteiger partial charge in [0.15, 0.2) is 0 Å². The molecule has 0 atom stereocenters. The maximum atomic E-state index is 12.0. The molecule has 0 fully saturated rings. The monoisotopic (exact) mass is 319 g/mol. The summed E-state index contributed by atoms with van der Waals surface area (Å²) in [5, 5.41) is 12.7. The van der Waals surface area contributed by atoms with E-state index in [1.54, 1.807) is 19.2 Å². The Bertz CT molecular complexity index is 511. The molecule has 0 aliphatic heterocycles. The van der Waals surface area contributed by atoms with Gasteiger partial charge in [0, 0.05) is 13.0 Å². The molecule has 4 heteroatoms. The number of ether oxygens (including phenoxy) is 1. The van der Waals surface area contributed by atoms with Gasteiger partial charge in [0.2, 0.25) is 0 Å². The number of hydrogen-bond acceptors (Lipinski definition) is 3. The van der Waals surface area contributed by atoms with Crippen LogP contribution in [-0.2, 0) is 11.2 Å². The summed E-state index contributed by atoms with van der Waals surface area (Å²) in [6, 6.07) is 5.22. The molecule has 0 saturated heterocycles. The van der Waals surface area contributed by atoms with E-state index < -0.39 is 0 Å². The third-order valence-electron chi connectivity index (χ3n) is 3.92. The smallest absolute Gasteiger partial charge is 0.255 e. The van der Waals surface area contributed by atoms with Crippen LogP contribution in [0.5, 0.6) is 5.75 Å². The van der Waals surface area contributed by atoms with Crippen LogP contribution in [0.25, 0.3) is 0 Å². The molecule has 1 aromatic carbocycles. The number of rotatable bonds is 11. The molecule has 1 rings (SSSR count). The second-order valence-corrected chi connectivity index (χ2v) is 5.72. The van der Waals surface area contributed by atoms with Gasteiger partial charge in [-0.2, -0.15) is 0 Å². The highest BCUT2D eigenvalue weighted by Gasteiger charge is 2.10. The maximum absolute atomic E-state index is 12.0. The molecule has 0 aliphatic carbocycles. The Hall–Kier alpha value is -1.97. The largest absolute Gasteiger partial charge is 0.507 e. The topological polar surface area (TPSA) is 58.6 Å². The van der Waals surface area contributed by atoms with Crippen molar-refractivity contribution in [1.82, 2.24) is 5.32 Å². The molecular formula is C19H29NO3. The summed E-state index contributed by atoms with van der Waals surface area (Å²) in [5.41, 5.74) is 1.37. The van der Waals surface area contributed by atoms with Crippen LogP contribution in [0.1, 0.15) is 61.4 Å². The standard InChI is InChI=1S/C19H29NO3/c1-4-16-11-12-17(18(21)14-16)19(22)20-13-9-7-5-6-8-10-15(2)23-3/h11-12,14,21H,2,4-10,13H2,1,3H3,(H,20,22). The van der Waals surface area contributed by atoms with Gasteiger partial charge < -0.3 is 15.2 Å². The zero-order valence-electron chi connectivity index (χ0n) is 14.4. The lowest BCUT2D eigenvalue weighted by molar-refractivity contribution is 0.0950. The minimum absolute atomic E-state index is 0.0558. The Labute approximate surface area is 139 Å². The molecule has 23 heavy (non-hydrogen) atoms. The van der Waals surface area contributed by atoms with E-state index >= 15 is 0 Å². The van der Waals surface area contributed by atoms with Crippen molar-refractivity contribution in [3.05, 3.63) is 41.7 Å². The van der Waals surface area contributed by atoms with Gasteiger partial charge in [-0.15, -0.1) is 0 Å².